The van der Waals surface area contributed by atoms with Crippen LogP contribution in [0.4, 0.5) is 0 Å². The lowest BCUT2D eigenvalue weighted by molar-refractivity contribution is -0.145. The van der Waals surface area contributed by atoms with Crippen molar-refractivity contribution < 1.29 is 48.3 Å². The summed E-state index contributed by atoms with van der Waals surface area (Å²) in [4.78, 5) is 49.7. The van der Waals surface area contributed by atoms with Crippen molar-refractivity contribution in [3.8, 4) is 23.0 Å². The van der Waals surface area contributed by atoms with E-state index in [9.17, 15) is 19.2 Å². The Morgan fingerprint density at radius 3 is 2.02 bits per heavy atom. The van der Waals surface area contributed by atoms with E-state index < -0.39 is 23.8 Å². The van der Waals surface area contributed by atoms with Gasteiger partial charge in [0.05, 0.1) is 44.1 Å². The van der Waals surface area contributed by atoms with Crippen LogP contribution in [0.3, 0.4) is 0 Å². The van der Waals surface area contributed by atoms with Gasteiger partial charge in [0.15, 0.2) is 17.3 Å². The van der Waals surface area contributed by atoms with Gasteiger partial charge in [-0.25, -0.2) is 0 Å². The Kier molecular flexibility index (Phi) is 10.1. The molecule has 2 heterocycles. The molecule has 0 unspecified atom stereocenters. The molecule has 1 aliphatic rings. The molecule has 2 aromatic carbocycles. The number of benzene rings is 2. The largest absolute Gasteiger partial charge is 0.497 e. The lowest BCUT2D eigenvalue weighted by Crippen LogP contribution is -2.28. The molecule has 2 N–H and O–H groups in total. The second kappa shape index (κ2) is 13.8. The van der Waals surface area contributed by atoms with Crippen molar-refractivity contribution in [1.29, 1.82) is 0 Å². The van der Waals surface area contributed by atoms with Crippen LogP contribution in [0.25, 0.3) is 10.1 Å². The molecule has 0 saturated heterocycles. The van der Waals surface area contributed by atoms with Gasteiger partial charge in [0.25, 0.3) is 0 Å². The Morgan fingerprint density at radius 1 is 0.814 bits per heavy atom. The number of hydrogen-bond acceptors (Lipinski definition) is 9. The minimum Gasteiger partial charge on any atom is -0.497 e. The number of amides is 1. The molecule has 0 aliphatic carbocycles. The predicted molar refractivity (Wildman–Crippen MR) is 158 cm³/mol. The van der Waals surface area contributed by atoms with Crippen LogP contribution in [-0.4, -0.2) is 66.2 Å². The van der Waals surface area contributed by atoms with E-state index in [1.54, 1.807) is 31.3 Å². The predicted octanol–water partition coefficient (Wildman–Crippen LogP) is 5.01. The third kappa shape index (κ3) is 7.56. The molecule has 0 saturated carbocycles. The Balaban J connectivity index is 1.36. The molecular weight excluding hydrogens is 578 g/mol. The van der Waals surface area contributed by atoms with Crippen molar-refractivity contribution in [2.75, 3.05) is 27.4 Å². The quantitative estimate of drug-likeness (QED) is 0.177. The average Bonchev–Trinajstić information content (AvgIpc) is 3.60. The fraction of sp³-hybridized carbons (Fsp3) is 0.419. The monoisotopic (exact) mass is 613 g/mol. The van der Waals surface area contributed by atoms with E-state index in [1.165, 1.54) is 25.2 Å². The second-order valence-corrected chi connectivity index (χ2v) is 11.6. The Bertz CT molecular complexity index is 1530. The lowest BCUT2D eigenvalue weighted by Gasteiger charge is -2.16. The number of carboxylic acid groups (broad SMARTS) is 2. The molecule has 1 amide bonds. The standard InChI is InChI=1S/C31H35NO10S/c1-17(30(35)36)8-23(33)28-14-22-24(12-21(39-3)13-27(22)43-28)41-6-5-7-42-26-11-20-16-32(15-19(20)10-25(26)40-4)29(34)9-18(2)31(37)38/h10-14,17-18H,5-9,15-16H2,1-4H3,(H,35,36)(H,37,38)/t17-,18-/m0/s1. The van der Waals surface area contributed by atoms with Crippen LogP contribution in [0.5, 0.6) is 23.0 Å². The summed E-state index contributed by atoms with van der Waals surface area (Å²) in [5.74, 6) is -1.80. The minimum absolute atomic E-state index is 0.0592. The molecule has 0 fully saturated rings. The highest BCUT2D eigenvalue weighted by Crippen LogP contribution is 2.38. The van der Waals surface area contributed by atoms with E-state index in [0.717, 1.165) is 21.2 Å². The Morgan fingerprint density at radius 2 is 1.42 bits per heavy atom. The van der Waals surface area contributed by atoms with Gasteiger partial charge in [-0.1, -0.05) is 13.8 Å². The van der Waals surface area contributed by atoms with Gasteiger partial charge in [0, 0.05) is 48.5 Å². The van der Waals surface area contributed by atoms with Crippen LogP contribution < -0.4 is 18.9 Å². The zero-order valence-electron chi connectivity index (χ0n) is 24.5. The second-order valence-electron chi connectivity index (χ2n) is 10.5. The van der Waals surface area contributed by atoms with Crippen molar-refractivity contribution >= 4 is 45.1 Å². The van der Waals surface area contributed by atoms with Gasteiger partial charge in [-0.15, -0.1) is 11.3 Å². The van der Waals surface area contributed by atoms with Crippen molar-refractivity contribution in [3.05, 3.63) is 46.3 Å². The zero-order valence-corrected chi connectivity index (χ0v) is 25.3. The third-order valence-corrected chi connectivity index (χ3v) is 8.39. The summed E-state index contributed by atoms with van der Waals surface area (Å²) >= 11 is 1.27. The van der Waals surface area contributed by atoms with E-state index in [4.69, 9.17) is 29.2 Å². The smallest absolute Gasteiger partial charge is 0.306 e. The first-order valence-electron chi connectivity index (χ1n) is 13.8. The molecule has 0 spiro atoms. The summed E-state index contributed by atoms with van der Waals surface area (Å²) in [6, 6.07) is 8.99. The number of carbonyl (C=O) groups excluding carboxylic acids is 2. The molecule has 43 heavy (non-hydrogen) atoms. The fourth-order valence-electron chi connectivity index (χ4n) is 4.68. The van der Waals surface area contributed by atoms with Gasteiger partial charge in [-0.05, 0) is 35.4 Å². The first-order chi connectivity index (χ1) is 20.5. The van der Waals surface area contributed by atoms with Crippen molar-refractivity contribution in [2.24, 2.45) is 11.8 Å². The number of fused-ring (bicyclic) bond motifs is 2. The number of ketones is 1. The Labute approximate surface area is 252 Å². The maximum absolute atomic E-state index is 12.7. The molecule has 230 valence electrons. The van der Waals surface area contributed by atoms with Crippen LogP contribution in [-0.2, 0) is 27.5 Å². The summed E-state index contributed by atoms with van der Waals surface area (Å²) in [5.41, 5.74) is 1.85. The highest BCUT2D eigenvalue weighted by molar-refractivity contribution is 7.20. The molecule has 2 atom stereocenters. The SMILES string of the molecule is COc1cc(OCCCOc2cc3c(cc2OC)CN(C(=O)C[C@H](C)C(=O)O)C3)c2cc(C(=O)C[C@H](C)C(=O)O)sc2c1. The van der Waals surface area contributed by atoms with Gasteiger partial charge in [0.2, 0.25) is 5.91 Å². The molecular formula is C31H35NO10S. The fourth-order valence-corrected chi connectivity index (χ4v) is 5.73. The van der Waals surface area contributed by atoms with Crippen LogP contribution in [0.15, 0.2) is 30.3 Å². The van der Waals surface area contributed by atoms with Gasteiger partial charge in [0.1, 0.15) is 11.5 Å². The number of thiophene rings is 1. The Hall–Kier alpha value is -4.32. The van der Waals surface area contributed by atoms with Gasteiger partial charge < -0.3 is 34.1 Å². The van der Waals surface area contributed by atoms with Gasteiger partial charge in [-0.2, -0.15) is 0 Å². The van der Waals surface area contributed by atoms with E-state index >= 15 is 0 Å². The lowest BCUT2D eigenvalue weighted by atomic mass is 10.0. The summed E-state index contributed by atoms with van der Waals surface area (Å²) in [6.45, 7) is 4.41. The van der Waals surface area contributed by atoms with Crippen molar-refractivity contribution in [1.82, 2.24) is 4.90 Å². The summed E-state index contributed by atoms with van der Waals surface area (Å²) in [5, 5.41) is 19.0. The minimum atomic E-state index is -1.01. The number of hydrogen-bond donors (Lipinski definition) is 2. The molecule has 12 heteroatoms. The number of aliphatic carboxylic acids is 2. The van der Waals surface area contributed by atoms with E-state index in [1.807, 2.05) is 18.2 Å². The van der Waals surface area contributed by atoms with Crippen molar-refractivity contribution in [3.63, 3.8) is 0 Å². The van der Waals surface area contributed by atoms with E-state index in [-0.39, 0.29) is 24.5 Å². The highest BCUT2D eigenvalue weighted by Gasteiger charge is 2.28. The number of carboxylic acids is 2. The normalized spacial score (nSPS) is 13.7. The number of methoxy groups -OCH3 is 2. The van der Waals surface area contributed by atoms with Crippen LogP contribution in [0.1, 0.15) is 53.9 Å². The molecule has 0 bridgehead atoms. The van der Waals surface area contributed by atoms with Crippen LogP contribution in [0.2, 0.25) is 0 Å². The maximum atomic E-state index is 12.7. The average molecular weight is 614 g/mol. The maximum Gasteiger partial charge on any atom is 0.306 e. The first kappa shape index (κ1) is 31.6. The number of ether oxygens (including phenoxy) is 4. The summed E-state index contributed by atoms with van der Waals surface area (Å²) in [7, 11) is 3.09. The van der Waals surface area contributed by atoms with E-state index in [0.29, 0.717) is 60.6 Å². The molecule has 4 rings (SSSR count). The van der Waals surface area contributed by atoms with Gasteiger partial charge >= 0.3 is 11.9 Å². The van der Waals surface area contributed by atoms with Crippen LogP contribution >= 0.6 is 11.3 Å². The first-order valence-corrected chi connectivity index (χ1v) is 14.7. The molecule has 3 aromatic rings. The highest BCUT2D eigenvalue weighted by atomic mass is 32.1. The van der Waals surface area contributed by atoms with E-state index in [2.05, 4.69) is 0 Å². The third-order valence-electron chi connectivity index (χ3n) is 7.26. The van der Waals surface area contributed by atoms with Gasteiger partial charge in [-0.3, -0.25) is 19.2 Å². The zero-order chi connectivity index (χ0) is 31.3. The number of rotatable bonds is 15. The summed E-state index contributed by atoms with van der Waals surface area (Å²) in [6.07, 6.45) is 0.385. The number of nitrogens with zero attached hydrogens (tertiary/aromatic N) is 1. The van der Waals surface area contributed by atoms with Crippen molar-refractivity contribution in [2.45, 2.75) is 46.2 Å². The molecule has 1 aromatic heterocycles. The molecule has 11 nitrogen and oxygen atoms in total. The number of Topliss-reactive ketones (excluding diaryl/α,β-unsaturated/α-hetero) is 1. The molecule has 0 radical (unpaired) electrons. The molecule has 1 aliphatic heterocycles. The number of carbonyl (C=O) groups is 4. The van der Waals surface area contributed by atoms with Crippen LogP contribution in [0, 0.1) is 11.8 Å². The summed E-state index contributed by atoms with van der Waals surface area (Å²) < 4.78 is 23.8. The topological polar surface area (TPSA) is 149 Å².